The summed E-state index contributed by atoms with van der Waals surface area (Å²) < 4.78 is 5.60. The number of benzene rings is 1. The lowest BCUT2D eigenvalue weighted by Gasteiger charge is -2.08. The van der Waals surface area contributed by atoms with E-state index in [1.165, 1.54) is 0 Å². The van der Waals surface area contributed by atoms with Gasteiger partial charge in [-0.25, -0.2) is 0 Å². The number of carbonyl (C=O) groups excluding carboxylic acids is 1. The summed E-state index contributed by atoms with van der Waals surface area (Å²) in [4.78, 5) is 11.5. The summed E-state index contributed by atoms with van der Waals surface area (Å²) in [5.41, 5.74) is 7.51. The minimum atomic E-state index is -0.258. The first kappa shape index (κ1) is 13.8. The quantitative estimate of drug-likeness (QED) is 0.830. The fourth-order valence-corrected chi connectivity index (χ4v) is 1.59. The minimum absolute atomic E-state index is 0.253. The van der Waals surface area contributed by atoms with Gasteiger partial charge in [-0.2, -0.15) is 0 Å². The first-order valence-electron chi connectivity index (χ1n) is 6.26. The highest BCUT2D eigenvalue weighted by Crippen LogP contribution is 2.25. The number of aryl methyl sites for hydroxylation is 1. The molecule has 104 valence electrons. The smallest absolute Gasteiger partial charge is 0.271 e. The number of ether oxygens (including phenoxy) is 1. The lowest BCUT2D eigenvalue weighted by atomic mass is 10.2. The molecule has 0 spiro atoms. The molecule has 0 unspecified atom stereocenters. The Kier molecular flexibility index (Phi) is 4.14. The first-order valence-corrected chi connectivity index (χ1v) is 6.26. The summed E-state index contributed by atoms with van der Waals surface area (Å²) in [6.07, 6.45) is 0. The zero-order chi connectivity index (χ0) is 14.5. The first-order chi connectivity index (χ1) is 9.60. The van der Waals surface area contributed by atoms with Crippen LogP contribution in [0.15, 0.2) is 30.3 Å². The van der Waals surface area contributed by atoms with Crippen molar-refractivity contribution < 1.29 is 9.53 Å². The molecule has 0 saturated heterocycles. The van der Waals surface area contributed by atoms with Crippen molar-refractivity contribution in [2.24, 2.45) is 0 Å². The summed E-state index contributed by atoms with van der Waals surface area (Å²) >= 11 is 0. The molecule has 1 heterocycles. The van der Waals surface area contributed by atoms with Crippen LogP contribution >= 0.6 is 0 Å². The number of aromatic nitrogens is 2. The summed E-state index contributed by atoms with van der Waals surface area (Å²) in [6, 6.07) is 8.54. The monoisotopic (exact) mass is 272 g/mol. The van der Waals surface area contributed by atoms with Crippen molar-refractivity contribution in [3.8, 4) is 11.6 Å². The Balaban J connectivity index is 2.14. The molecule has 0 radical (unpaired) electrons. The van der Waals surface area contributed by atoms with Crippen molar-refractivity contribution in [1.29, 1.82) is 0 Å². The van der Waals surface area contributed by atoms with Gasteiger partial charge in [-0.05, 0) is 31.5 Å². The van der Waals surface area contributed by atoms with Crippen LogP contribution in [-0.4, -0.2) is 22.6 Å². The van der Waals surface area contributed by atoms with Crippen LogP contribution in [0.3, 0.4) is 0 Å². The number of rotatable bonds is 4. The van der Waals surface area contributed by atoms with E-state index < -0.39 is 0 Å². The molecule has 2 aromatic rings. The van der Waals surface area contributed by atoms with E-state index in [1.807, 2.05) is 19.9 Å². The second-order valence-corrected chi connectivity index (χ2v) is 4.24. The van der Waals surface area contributed by atoms with Crippen LogP contribution in [0.25, 0.3) is 0 Å². The topological polar surface area (TPSA) is 90.1 Å². The molecule has 0 fully saturated rings. The van der Waals surface area contributed by atoms with Crippen LogP contribution in [0, 0.1) is 6.92 Å². The molecule has 3 N–H and O–H groups in total. The maximum absolute atomic E-state index is 11.5. The molecular weight excluding hydrogens is 256 g/mol. The lowest BCUT2D eigenvalue weighted by Crippen LogP contribution is -2.23. The number of anilines is 1. The van der Waals surface area contributed by atoms with Crippen molar-refractivity contribution in [2.45, 2.75) is 13.8 Å². The molecule has 2 rings (SSSR count). The summed E-state index contributed by atoms with van der Waals surface area (Å²) in [6.45, 7) is 4.29. The Morgan fingerprint density at radius 1 is 1.30 bits per heavy atom. The summed E-state index contributed by atoms with van der Waals surface area (Å²) in [7, 11) is 0. The number of nitrogens with two attached hydrogens (primary N) is 1. The highest BCUT2D eigenvalue weighted by molar-refractivity contribution is 5.91. The lowest BCUT2D eigenvalue weighted by molar-refractivity contribution is 0.0949. The highest BCUT2D eigenvalue weighted by Gasteiger charge is 2.08. The van der Waals surface area contributed by atoms with Gasteiger partial charge in [0.25, 0.3) is 5.91 Å². The van der Waals surface area contributed by atoms with Gasteiger partial charge in [-0.15, -0.1) is 10.2 Å². The Hall–Kier alpha value is -2.63. The molecular formula is C14H16N4O2. The zero-order valence-corrected chi connectivity index (χ0v) is 11.4. The molecule has 1 aromatic heterocycles. The summed E-state index contributed by atoms with van der Waals surface area (Å²) in [5.74, 6) is 0.670. The Morgan fingerprint density at radius 3 is 2.75 bits per heavy atom. The molecule has 0 aliphatic heterocycles. The average molecular weight is 272 g/mol. The molecule has 6 nitrogen and oxygen atoms in total. The van der Waals surface area contributed by atoms with E-state index in [0.29, 0.717) is 23.9 Å². The van der Waals surface area contributed by atoms with Gasteiger partial charge < -0.3 is 15.8 Å². The Labute approximate surface area is 117 Å². The number of nitrogens with one attached hydrogen (secondary N) is 1. The molecule has 6 heteroatoms. The zero-order valence-electron chi connectivity index (χ0n) is 11.4. The van der Waals surface area contributed by atoms with Crippen LogP contribution in [0.4, 0.5) is 5.69 Å². The van der Waals surface area contributed by atoms with Crippen molar-refractivity contribution in [3.05, 3.63) is 41.6 Å². The van der Waals surface area contributed by atoms with Crippen LogP contribution < -0.4 is 15.8 Å². The third-order valence-corrected chi connectivity index (χ3v) is 2.64. The number of nitrogens with zero attached hydrogens (tertiary/aromatic N) is 2. The molecule has 0 aliphatic rings. The third-order valence-electron chi connectivity index (χ3n) is 2.64. The number of hydrogen-bond donors (Lipinski definition) is 2. The molecule has 0 aliphatic carbocycles. The maximum Gasteiger partial charge on any atom is 0.271 e. The van der Waals surface area contributed by atoms with Gasteiger partial charge in [0, 0.05) is 24.4 Å². The Bertz CT molecular complexity index is 611. The number of amides is 1. The fraction of sp³-hybridized carbons (Fsp3) is 0.214. The normalized spacial score (nSPS) is 10.1. The van der Waals surface area contributed by atoms with E-state index >= 15 is 0 Å². The fourth-order valence-electron chi connectivity index (χ4n) is 1.59. The van der Waals surface area contributed by atoms with Crippen LogP contribution in [0.5, 0.6) is 11.6 Å². The van der Waals surface area contributed by atoms with Gasteiger partial charge in [-0.3, -0.25) is 4.79 Å². The minimum Gasteiger partial charge on any atom is -0.437 e. The molecule has 0 bridgehead atoms. The van der Waals surface area contributed by atoms with Crippen LogP contribution in [-0.2, 0) is 0 Å². The molecule has 20 heavy (non-hydrogen) atoms. The van der Waals surface area contributed by atoms with Gasteiger partial charge in [0.2, 0.25) is 5.88 Å². The maximum atomic E-state index is 11.5. The van der Waals surface area contributed by atoms with Gasteiger partial charge in [0.15, 0.2) is 5.69 Å². The molecule has 1 aromatic carbocycles. The van der Waals surface area contributed by atoms with E-state index in [-0.39, 0.29) is 11.6 Å². The average Bonchev–Trinajstić information content (AvgIpc) is 2.44. The molecule has 0 atom stereocenters. The standard InChI is InChI=1S/C14H16N4O2/c1-3-16-14(19)11-6-7-13(18-17-11)20-12-8-10(15)5-4-9(12)2/h4-8H,3,15H2,1-2H3,(H,16,19). The van der Waals surface area contributed by atoms with Gasteiger partial charge in [0.1, 0.15) is 5.75 Å². The van der Waals surface area contributed by atoms with Crippen molar-refractivity contribution in [2.75, 3.05) is 12.3 Å². The van der Waals surface area contributed by atoms with E-state index in [1.54, 1.807) is 24.3 Å². The van der Waals surface area contributed by atoms with E-state index in [4.69, 9.17) is 10.5 Å². The predicted octanol–water partition coefficient (Wildman–Crippen LogP) is 1.91. The van der Waals surface area contributed by atoms with Gasteiger partial charge >= 0.3 is 0 Å². The highest BCUT2D eigenvalue weighted by atomic mass is 16.5. The summed E-state index contributed by atoms with van der Waals surface area (Å²) in [5, 5.41) is 10.4. The second-order valence-electron chi connectivity index (χ2n) is 4.24. The number of carbonyl (C=O) groups is 1. The number of nitrogen functional groups attached to an aromatic ring is 1. The van der Waals surface area contributed by atoms with Crippen molar-refractivity contribution in [3.63, 3.8) is 0 Å². The molecule has 1 amide bonds. The molecule has 0 saturated carbocycles. The van der Waals surface area contributed by atoms with Crippen molar-refractivity contribution >= 4 is 11.6 Å². The van der Waals surface area contributed by atoms with Gasteiger partial charge in [-0.1, -0.05) is 6.07 Å². The Morgan fingerprint density at radius 2 is 2.10 bits per heavy atom. The van der Waals surface area contributed by atoms with E-state index in [9.17, 15) is 4.79 Å². The van der Waals surface area contributed by atoms with Crippen molar-refractivity contribution in [1.82, 2.24) is 15.5 Å². The largest absolute Gasteiger partial charge is 0.437 e. The van der Waals surface area contributed by atoms with Crippen LogP contribution in [0.2, 0.25) is 0 Å². The van der Waals surface area contributed by atoms with E-state index in [2.05, 4.69) is 15.5 Å². The predicted molar refractivity (Wildman–Crippen MR) is 75.7 cm³/mol. The van der Waals surface area contributed by atoms with E-state index in [0.717, 1.165) is 5.56 Å². The van der Waals surface area contributed by atoms with Gasteiger partial charge in [0.05, 0.1) is 0 Å². The number of hydrogen-bond acceptors (Lipinski definition) is 5. The SMILES string of the molecule is CCNC(=O)c1ccc(Oc2cc(N)ccc2C)nn1. The van der Waals surface area contributed by atoms with Crippen LogP contribution in [0.1, 0.15) is 23.0 Å². The second kappa shape index (κ2) is 6.01. The third kappa shape index (κ3) is 3.23.